The van der Waals surface area contributed by atoms with E-state index in [-0.39, 0.29) is 11.7 Å². The molecule has 0 radical (unpaired) electrons. The van der Waals surface area contributed by atoms with Crippen molar-refractivity contribution in [2.45, 2.75) is 109 Å². The summed E-state index contributed by atoms with van der Waals surface area (Å²) in [5.41, 5.74) is -0.709. The van der Waals surface area contributed by atoms with Crippen LogP contribution in [0, 0.1) is 17.2 Å². The van der Waals surface area contributed by atoms with E-state index in [0.717, 1.165) is 23.8 Å². The molecule has 0 aliphatic carbocycles. The van der Waals surface area contributed by atoms with Gasteiger partial charge in [0.2, 0.25) is 5.91 Å². The number of nitriles is 1. The third-order valence-electron chi connectivity index (χ3n) is 6.33. The number of nitrogens with one attached hydrogen (secondary N) is 1. The standard InChI is InChI=1S/C25H40N4O5/c1-2-3-4-5-6-7-8-9-10-11-12-13-14-22(31)27-21-15-16-29(25(33)28-21)24-19(17-26)23(32)20(18-30)34-24/h15-16,19-20,23-24,30,32H,2-14,18H2,1H3,(H,27,28,31,33)/t19-,20-,23+,24-/m1/s1. The largest absolute Gasteiger partial charge is 0.394 e. The van der Waals surface area contributed by atoms with Gasteiger partial charge in [-0.15, -0.1) is 0 Å². The van der Waals surface area contributed by atoms with Crippen molar-refractivity contribution in [2.75, 3.05) is 11.9 Å². The zero-order valence-corrected chi connectivity index (χ0v) is 20.3. The van der Waals surface area contributed by atoms with E-state index in [9.17, 15) is 25.1 Å². The van der Waals surface area contributed by atoms with E-state index in [1.165, 1.54) is 70.1 Å². The van der Waals surface area contributed by atoms with E-state index < -0.39 is 36.7 Å². The lowest BCUT2D eigenvalue weighted by atomic mass is 10.0. The topological polar surface area (TPSA) is 137 Å². The van der Waals surface area contributed by atoms with Crippen LogP contribution in [0.1, 0.15) is 96.6 Å². The van der Waals surface area contributed by atoms with Crippen molar-refractivity contribution in [3.05, 3.63) is 22.7 Å². The molecule has 1 aliphatic heterocycles. The summed E-state index contributed by atoms with van der Waals surface area (Å²) >= 11 is 0. The summed E-state index contributed by atoms with van der Waals surface area (Å²) in [6.07, 6.45) is 13.2. The van der Waals surface area contributed by atoms with Crippen LogP contribution < -0.4 is 11.0 Å². The van der Waals surface area contributed by atoms with Crippen LogP contribution >= 0.6 is 0 Å². The van der Waals surface area contributed by atoms with Gasteiger partial charge < -0.3 is 20.3 Å². The van der Waals surface area contributed by atoms with E-state index >= 15 is 0 Å². The second kappa shape index (κ2) is 15.6. The molecule has 34 heavy (non-hydrogen) atoms. The molecule has 3 N–H and O–H groups in total. The minimum atomic E-state index is -1.21. The molecule has 0 bridgehead atoms. The number of aromatic nitrogens is 2. The van der Waals surface area contributed by atoms with Crippen molar-refractivity contribution < 1.29 is 19.7 Å². The van der Waals surface area contributed by atoms with E-state index in [4.69, 9.17) is 4.74 Å². The Morgan fingerprint density at radius 2 is 1.71 bits per heavy atom. The smallest absolute Gasteiger partial charge is 0.351 e. The van der Waals surface area contributed by atoms with Gasteiger partial charge in [0.25, 0.3) is 0 Å². The van der Waals surface area contributed by atoms with E-state index in [2.05, 4.69) is 17.2 Å². The summed E-state index contributed by atoms with van der Waals surface area (Å²) in [6, 6.07) is 3.37. The number of rotatable bonds is 16. The molecule has 0 aromatic carbocycles. The van der Waals surface area contributed by atoms with Gasteiger partial charge in [-0.25, -0.2) is 4.79 Å². The van der Waals surface area contributed by atoms with Crippen molar-refractivity contribution in [3.8, 4) is 6.07 Å². The maximum Gasteiger partial charge on any atom is 0.351 e. The number of aliphatic hydroxyl groups is 2. The summed E-state index contributed by atoms with van der Waals surface area (Å²) in [7, 11) is 0. The van der Waals surface area contributed by atoms with Crippen LogP contribution in [0.15, 0.2) is 17.1 Å². The summed E-state index contributed by atoms with van der Waals surface area (Å²) in [5, 5.41) is 31.3. The summed E-state index contributed by atoms with van der Waals surface area (Å²) < 4.78 is 6.54. The molecule has 1 aromatic heterocycles. The van der Waals surface area contributed by atoms with Crippen LogP contribution in [0.5, 0.6) is 0 Å². The Hall–Kier alpha value is -2.28. The number of nitrogens with zero attached hydrogens (tertiary/aromatic N) is 3. The quantitative estimate of drug-likeness (QED) is 0.310. The van der Waals surface area contributed by atoms with E-state index in [1.807, 2.05) is 6.07 Å². The number of hydrogen-bond acceptors (Lipinski definition) is 7. The highest BCUT2D eigenvalue weighted by molar-refractivity contribution is 5.89. The van der Waals surface area contributed by atoms with Gasteiger partial charge in [0.15, 0.2) is 6.23 Å². The normalized spacial score (nSPS) is 21.9. The van der Waals surface area contributed by atoms with Gasteiger partial charge in [0.1, 0.15) is 23.9 Å². The van der Waals surface area contributed by atoms with Crippen molar-refractivity contribution in [1.29, 1.82) is 5.26 Å². The average Bonchev–Trinajstić information content (AvgIpc) is 3.14. The third kappa shape index (κ3) is 8.82. The van der Waals surface area contributed by atoms with E-state index in [0.29, 0.717) is 6.42 Å². The minimum Gasteiger partial charge on any atom is -0.394 e. The van der Waals surface area contributed by atoms with Crippen LogP contribution in [0.3, 0.4) is 0 Å². The number of carbonyl (C=O) groups excluding carboxylic acids is 1. The molecule has 1 aliphatic rings. The predicted molar refractivity (Wildman–Crippen MR) is 129 cm³/mol. The molecular weight excluding hydrogens is 436 g/mol. The molecular formula is C25H40N4O5. The first-order valence-electron chi connectivity index (χ1n) is 12.7. The lowest BCUT2D eigenvalue weighted by molar-refractivity contribution is -0.116. The van der Waals surface area contributed by atoms with Crippen molar-refractivity contribution >= 4 is 11.7 Å². The highest BCUT2D eigenvalue weighted by Crippen LogP contribution is 2.33. The zero-order valence-electron chi connectivity index (χ0n) is 20.3. The SMILES string of the molecule is CCCCCCCCCCCCCCC(=O)Nc1ccn([C@@H]2O[C@H](CO)[C@@H](O)[C@H]2C#N)c(=O)n1. The monoisotopic (exact) mass is 476 g/mol. The molecule has 9 nitrogen and oxygen atoms in total. The Labute approximate surface area is 202 Å². The summed E-state index contributed by atoms with van der Waals surface area (Å²) in [4.78, 5) is 28.4. The van der Waals surface area contributed by atoms with Crippen molar-refractivity contribution in [2.24, 2.45) is 5.92 Å². The Morgan fingerprint density at radius 3 is 2.24 bits per heavy atom. The fraction of sp³-hybridized carbons (Fsp3) is 0.760. The molecule has 190 valence electrons. The van der Waals surface area contributed by atoms with Crippen LogP contribution in [-0.2, 0) is 9.53 Å². The van der Waals surface area contributed by atoms with Gasteiger partial charge in [-0.1, -0.05) is 77.6 Å². The molecule has 0 spiro atoms. The fourth-order valence-electron chi connectivity index (χ4n) is 4.28. The molecule has 2 rings (SSSR count). The first-order valence-corrected chi connectivity index (χ1v) is 12.7. The maximum absolute atomic E-state index is 12.4. The zero-order chi connectivity index (χ0) is 24.8. The molecule has 1 amide bonds. The number of amides is 1. The first-order chi connectivity index (χ1) is 16.5. The highest BCUT2D eigenvalue weighted by atomic mass is 16.5. The van der Waals surface area contributed by atoms with E-state index in [1.54, 1.807) is 0 Å². The van der Waals surface area contributed by atoms with Gasteiger partial charge >= 0.3 is 5.69 Å². The van der Waals surface area contributed by atoms with Gasteiger partial charge in [-0.05, 0) is 12.5 Å². The Kier molecular flexibility index (Phi) is 12.8. The number of aliphatic hydroxyl groups excluding tert-OH is 2. The minimum absolute atomic E-state index is 0.135. The molecule has 4 atom stereocenters. The maximum atomic E-state index is 12.4. The van der Waals surface area contributed by atoms with Crippen LogP contribution in [0.2, 0.25) is 0 Å². The third-order valence-corrected chi connectivity index (χ3v) is 6.33. The number of hydrogen-bond donors (Lipinski definition) is 3. The molecule has 1 aromatic rings. The van der Waals surface area contributed by atoms with Gasteiger partial charge in [0.05, 0.1) is 12.7 Å². The number of ether oxygens (including phenoxy) is 1. The molecule has 2 heterocycles. The first kappa shape index (κ1) is 28.0. The Balaban J connectivity index is 1.65. The van der Waals surface area contributed by atoms with Crippen molar-refractivity contribution in [3.63, 3.8) is 0 Å². The average molecular weight is 477 g/mol. The lowest BCUT2D eigenvalue weighted by Gasteiger charge is -2.16. The lowest BCUT2D eigenvalue weighted by Crippen LogP contribution is -2.32. The second-order valence-electron chi connectivity index (χ2n) is 9.08. The van der Waals surface area contributed by atoms with Gasteiger partial charge in [-0.3, -0.25) is 9.36 Å². The van der Waals surface area contributed by atoms with Crippen molar-refractivity contribution in [1.82, 2.24) is 9.55 Å². The number of unbranched alkanes of at least 4 members (excludes halogenated alkanes) is 11. The molecule has 0 unspecified atom stereocenters. The summed E-state index contributed by atoms with van der Waals surface area (Å²) in [5.74, 6) is -1.07. The number of anilines is 1. The predicted octanol–water partition coefficient (Wildman–Crippen LogP) is 3.66. The molecule has 9 heteroatoms. The molecule has 1 saturated heterocycles. The second-order valence-corrected chi connectivity index (χ2v) is 9.08. The highest BCUT2D eigenvalue weighted by Gasteiger charge is 2.45. The van der Waals surface area contributed by atoms with Crippen LogP contribution in [0.4, 0.5) is 5.82 Å². The molecule has 0 saturated carbocycles. The van der Waals surface area contributed by atoms with Crippen LogP contribution in [-0.4, -0.2) is 44.5 Å². The Bertz CT molecular complexity index is 837. The number of carbonyl (C=O) groups is 1. The summed E-state index contributed by atoms with van der Waals surface area (Å²) in [6.45, 7) is 1.77. The molecule has 1 fully saturated rings. The van der Waals surface area contributed by atoms with Gasteiger partial charge in [-0.2, -0.15) is 10.2 Å². The Morgan fingerprint density at radius 1 is 1.12 bits per heavy atom. The van der Waals surface area contributed by atoms with Gasteiger partial charge in [0, 0.05) is 12.6 Å². The fourth-order valence-corrected chi connectivity index (χ4v) is 4.28. The van der Waals surface area contributed by atoms with Crippen LogP contribution in [0.25, 0.3) is 0 Å².